The van der Waals surface area contributed by atoms with E-state index in [2.05, 4.69) is 37.9 Å². The Kier molecular flexibility index (Phi) is 5.22. The second-order valence-corrected chi connectivity index (χ2v) is 8.43. The molecule has 2 atom stereocenters. The maximum Gasteiger partial charge on any atom is 0.234 e. The van der Waals surface area contributed by atoms with Crippen LogP contribution in [0.1, 0.15) is 50.9 Å². The molecule has 1 amide bonds. The zero-order chi connectivity index (χ0) is 18.9. The van der Waals surface area contributed by atoms with Crippen LogP contribution in [0.4, 0.5) is 0 Å². The summed E-state index contributed by atoms with van der Waals surface area (Å²) >= 11 is 0. The fourth-order valence-corrected chi connectivity index (χ4v) is 3.80. The third-order valence-corrected chi connectivity index (χ3v) is 5.61. The third kappa shape index (κ3) is 3.84. The molecule has 26 heavy (non-hydrogen) atoms. The maximum atomic E-state index is 12.8. The molecule has 5 nitrogen and oxygen atoms in total. The van der Waals surface area contributed by atoms with E-state index in [9.17, 15) is 9.59 Å². The maximum absolute atomic E-state index is 12.8. The lowest BCUT2D eigenvalue weighted by Gasteiger charge is -2.45. The minimum absolute atomic E-state index is 0.0537. The normalized spacial score (nSPS) is 25.5. The standard InChI is InChI=1S/C21H30N2O3/c1-15-12-23(13-16(2)26-15)20(3,4)14-22-19(25)21(10-11-21)18(24)17-8-6-5-7-9-17/h5-9,15-16H,10-14H2,1-4H3,(H,22,25)/t15-,16-/m0/s1. The van der Waals surface area contributed by atoms with Gasteiger partial charge in [0.2, 0.25) is 5.91 Å². The summed E-state index contributed by atoms with van der Waals surface area (Å²) in [6.45, 7) is 10.6. The number of rotatable bonds is 6. The van der Waals surface area contributed by atoms with Crippen molar-refractivity contribution in [3.8, 4) is 0 Å². The van der Waals surface area contributed by atoms with Crippen molar-refractivity contribution in [3.05, 3.63) is 35.9 Å². The largest absolute Gasteiger partial charge is 0.373 e. The van der Waals surface area contributed by atoms with Crippen LogP contribution in [0, 0.1) is 5.41 Å². The number of hydrogen-bond acceptors (Lipinski definition) is 4. The summed E-state index contributed by atoms with van der Waals surface area (Å²) in [6.07, 6.45) is 1.64. The zero-order valence-corrected chi connectivity index (χ0v) is 16.2. The highest BCUT2D eigenvalue weighted by Gasteiger charge is 2.56. The van der Waals surface area contributed by atoms with E-state index in [0.29, 0.717) is 24.9 Å². The van der Waals surface area contributed by atoms with Crippen LogP contribution in [0.25, 0.3) is 0 Å². The van der Waals surface area contributed by atoms with Gasteiger partial charge in [0, 0.05) is 30.7 Å². The van der Waals surface area contributed by atoms with Crippen molar-refractivity contribution in [2.75, 3.05) is 19.6 Å². The van der Waals surface area contributed by atoms with Gasteiger partial charge >= 0.3 is 0 Å². The quantitative estimate of drug-likeness (QED) is 0.627. The number of hydrogen-bond donors (Lipinski definition) is 1. The van der Waals surface area contributed by atoms with E-state index in [1.165, 1.54) is 0 Å². The molecule has 2 fully saturated rings. The van der Waals surface area contributed by atoms with Crippen molar-refractivity contribution in [2.24, 2.45) is 5.41 Å². The average Bonchev–Trinajstić information content (AvgIpc) is 3.41. The second kappa shape index (κ2) is 7.12. The van der Waals surface area contributed by atoms with Crippen molar-refractivity contribution in [3.63, 3.8) is 0 Å². The van der Waals surface area contributed by atoms with Crippen molar-refractivity contribution in [1.29, 1.82) is 0 Å². The number of amides is 1. The molecule has 1 heterocycles. The number of nitrogens with one attached hydrogen (secondary N) is 1. The fraction of sp³-hybridized carbons (Fsp3) is 0.619. The Morgan fingerprint density at radius 2 is 1.73 bits per heavy atom. The Morgan fingerprint density at radius 1 is 1.15 bits per heavy atom. The molecule has 1 aliphatic heterocycles. The predicted octanol–water partition coefficient (Wildman–Crippen LogP) is 2.65. The molecule has 142 valence electrons. The minimum atomic E-state index is -0.858. The van der Waals surface area contributed by atoms with E-state index < -0.39 is 5.41 Å². The smallest absolute Gasteiger partial charge is 0.234 e. The second-order valence-electron chi connectivity index (χ2n) is 8.43. The molecule has 1 saturated carbocycles. The van der Waals surface area contributed by atoms with E-state index in [4.69, 9.17) is 4.74 Å². The van der Waals surface area contributed by atoms with Gasteiger partial charge in [-0.1, -0.05) is 30.3 Å². The Labute approximate surface area is 156 Å². The molecular weight excluding hydrogens is 328 g/mol. The van der Waals surface area contributed by atoms with E-state index >= 15 is 0 Å². The van der Waals surface area contributed by atoms with Gasteiger partial charge in [-0.2, -0.15) is 0 Å². The predicted molar refractivity (Wildman–Crippen MR) is 101 cm³/mol. The van der Waals surface area contributed by atoms with E-state index in [1.807, 2.05) is 18.2 Å². The lowest BCUT2D eigenvalue weighted by molar-refractivity contribution is -0.126. The van der Waals surface area contributed by atoms with Gasteiger partial charge in [-0.05, 0) is 40.5 Å². The Balaban J connectivity index is 1.62. The summed E-state index contributed by atoms with van der Waals surface area (Å²) in [5.74, 6) is -0.184. The van der Waals surface area contributed by atoms with Crippen LogP contribution in [-0.4, -0.2) is 54.0 Å². The molecule has 1 N–H and O–H groups in total. The van der Waals surface area contributed by atoms with Gasteiger partial charge in [0.05, 0.1) is 12.2 Å². The molecule has 1 aromatic carbocycles. The molecular formula is C21H30N2O3. The van der Waals surface area contributed by atoms with Gasteiger partial charge in [-0.25, -0.2) is 0 Å². The number of nitrogens with zero attached hydrogens (tertiary/aromatic N) is 1. The molecule has 0 aromatic heterocycles. The van der Waals surface area contributed by atoms with Gasteiger partial charge in [-0.3, -0.25) is 14.5 Å². The Bertz CT molecular complexity index is 657. The monoisotopic (exact) mass is 358 g/mol. The van der Waals surface area contributed by atoms with Crippen LogP contribution in [-0.2, 0) is 9.53 Å². The average molecular weight is 358 g/mol. The first-order valence-electron chi connectivity index (χ1n) is 9.53. The fourth-order valence-electron chi connectivity index (χ4n) is 3.80. The first kappa shape index (κ1) is 19.1. The number of ether oxygens (including phenoxy) is 1. The molecule has 0 bridgehead atoms. The number of carbonyl (C=O) groups is 2. The lowest BCUT2D eigenvalue weighted by Crippen LogP contribution is -2.59. The minimum Gasteiger partial charge on any atom is -0.373 e. The molecule has 3 rings (SSSR count). The van der Waals surface area contributed by atoms with E-state index in [0.717, 1.165) is 13.1 Å². The van der Waals surface area contributed by atoms with Crippen LogP contribution >= 0.6 is 0 Å². The first-order valence-corrected chi connectivity index (χ1v) is 9.53. The molecule has 1 aliphatic carbocycles. The summed E-state index contributed by atoms with van der Waals surface area (Å²) in [4.78, 5) is 28.0. The highest BCUT2D eigenvalue weighted by Crippen LogP contribution is 2.48. The van der Waals surface area contributed by atoms with Gasteiger partial charge in [0.25, 0.3) is 0 Å². The topological polar surface area (TPSA) is 58.6 Å². The van der Waals surface area contributed by atoms with Crippen molar-refractivity contribution >= 4 is 11.7 Å². The number of morpholine rings is 1. The summed E-state index contributed by atoms with van der Waals surface area (Å²) < 4.78 is 5.81. The van der Waals surface area contributed by atoms with E-state index in [1.54, 1.807) is 12.1 Å². The zero-order valence-electron chi connectivity index (χ0n) is 16.2. The Hall–Kier alpha value is -1.72. The van der Waals surface area contributed by atoms with Crippen molar-refractivity contribution in [1.82, 2.24) is 10.2 Å². The van der Waals surface area contributed by atoms with Gasteiger partial charge in [0.1, 0.15) is 5.41 Å². The number of carbonyl (C=O) groups excluding carboxylic acids is 2. The van der Waals surface area contributed by atoms with Gasteiger partial charge in [-0.15, -0.1) is 0 Å². The number of ketones is 1. The van der Waals surface area contributed by atoms with Crippen molar-refractivity contribution < 1.29 is 14.3 Å². The van der Waals surface area contributed by atoms with Crippen LogP contribution in [0.3, 0.4) is 0 Å². The molecule has 2 aliphatic rings. The SMILES string of the molecule is C[C@H]1CN(C(C)(C)CNC(=O)C2(C(=O)c3ccccc3)CC2)C[C@H](C)O1. The third-order valence-electron chi connectivity index (χ3n) is 5.61. The summed E-state index contributed by atoms with van der Waals surface area (Å²) in [5.41, 5.74) is -0.424. The van der Waals surface area contributed by atoms with Gasteiger partial charge < -0.3 is 10.1 Å². The van der Waals surface area contributed by atoms with Crippen LogP contribution in [0.5, 0.6) is 0 Å². The summed E-state index contributed by atoms with van der Waals surface area (Å²) in [7, 11) is 0. The van der Waals surface area contributed by atoms with Gasteiger partial charge in [0.15, 0.2) is 5.78 Å². The van der Waals surface area contributed by atoms with Crippen LogP contribution in [0.2, 0.25) is 0 Å². The lowest BCUT2D eigenvalue weighted by atomic mass is 9.93. The molecule has 0 unspecified atom stereocenters. The Morgan fingerprint density at radius 3 is 2.27 bits per heavy atom. The molecule has 1 aromatic rings. The first-order chi connectivity index (χ1) is 12.2. The number of Topliss-reactive ketones (excluding diaryl/α,β-unsaturated/α-hetero) is 1. The highest BCUT2D eigenvalue weighted by molar-refractivity contribution is 6.16. The molecule has 0 radical (unpaired) electrons. The van der Waals surface area contributed by atoms with E-state index in [-0.39, 0.29) is 29.4 Å². The molecule has 5 heteroatoms. The summed E-state index contributed by atoms with van der Waals surface area (Å²) in [6, 6.07) is 9.13. The van der Waals surface area contributed by atoms with Crippen molar-refractivity contribution in [2.45, 2.75) is 58.3 Å². The number of benzene rings is 1. The highest BCUT2D eigenvalue weighted by atomic mass is 16.5. The van der Waals surface area contributed by atoms with Crippen LogP contribution in [0.15, 0.2) is 30.3 Å². The van der Waals surface area contributed by atoms with Crippen LogP contribution < -0.4 is 5.32 Å². The molecule has 0 spiro atoms. The molecule has 1 saturated heterocycles. The summed E-state index contributed by atoms with van der Waals surface area (Å²) in [5, 5.41) is 3.06.